The summed E-state index contributed by atoms with van der Waals surface area (Å²) in [5.74, 6) is 1.43. The lowest BCUT2D eigenvalue weighted by Gasteiger charge is -2.29. The van der Waals surface area contributed by atoms with E-state index in [9.17, 15) is 9.59 Å². The number of rotatable bonds is 8. The second-order valence-corrected chi connectivity index (χ2v) is 9.32. The highest BCUT2D eigenvalue weighted by Crippen LogP contribution is 2.25. The van der Waals surface area contributed by atoms with Crippen LogP contribution in [-0.4, -0.2) is 38.4 Å². The van der Waals surface area contributed by atoms with Crippen LogP contribution in [0, 0.1) is 12.8 Å². The summed E-state index contributed by atoms with van der Waals surface area (Å²) in [6, 6.07) is 7.47. The zero-order valence-electron chi connectivity index (χ0n) is 18.9. The fourth-order valence-corrected chi connectivity index (χ4v) is 4.88. The summed E-state index contributed by atoms with van der Waals surface area (Å²) in [5.41, 5.74) is 1.66. The first kappa shape index (κ1) is 23.3. The molecule has 1 saturated carbocycles. The molecular weight excluding hydrogens is 410 g/mol. The van der Waals surface area contributed by atoms with Gasteiger partial charge in [0.1, 0.15) is 0 Å². The van der Waals surface area contributed by atoms with Crippen molar-refractivity contribution in [1.29, 1.82) is 0 Å². The van der Waals surface area contributed by atoms with Gasteiger partial charge in [-0.1, -0.05) is 49.2 Å². The van der Waals surface area contributed by atoms with Gasteiger partial charge in [0.2, 0.25) is 5.91 Å². The number of hydrogen-bond donors (Lipinski definition) is 2. The molecule has 2 amide bonds. The van der Waals surface area contributed by atoms with E-state index in [4.69, 9.17) is 0 Å². The highest BCUT2D eigenvalue weighted by molar-refractivity contribution is 7.99. The van der Waals surface area contributed by atoms with Crippen LogP contribution in [0.25, 0.3) is 0 Å². The minimum atomic E-state index is -0.299. The van der Waals surface area contributed by atoms with E-state index >= 15 is 0 Å². The quantitative estimate of drug-likeness (QED) is 0.605. The summed E-state index contributed by atoms with van der Waals surface area (Å²) in [6.07, 6.45) is 4.67. The van der Waals surface area contributed by atoms with Crippen molar-refractivity contribution in [3.8, 4) is 0 Å². The minimum absolute atomic E-state index is 0.0387. The van der Waals surface area contributed by atoms with Crippen molar-refractivity contribution in [2.24, 2.45) is 5.92 Å². The number of thioether (sulfide) groups is 1. The third-order valence-corrected chi connectivity index (χ3v) is 6.83. The molecule has 1 aliphatic rings. The normalized spacial score (nSPS) is 19.6. The van der Waals surface area contributed by atoms with Crippen molar-refractivity contribution in [1.82, 2.24) is 25.4 Å². The molecule has 0 bridgehead atoms. The van der Waals surface area contributed by atoms with Crippen LogP contribution < -0.4 is 10.6 Å². The lowest BCUT2D eigenvalue weighted by Crippen LogP contribution is -2.41. The van der Waals surface area contributed by atoms with E-state index < -0.39 is 0 Å². The van der Waals surface area contributed by atoms with Crippen molar-refractivity contribution in [2.45, 2.75) is 77.2 Å². The Morgan fingerprint density at radius 2 is 2.03 bits per heavy atom. The van der Waals surface area contributed by atoms with Crippen LogP contribution in [0.15, 0.2) is 29.4 Å². The van der Waals surface area contributed by atoms with Gasteiger partial charge in [-0.05, 0) is 51.7 Å². The Hall–Kier alpha value is -2.35. The Morgan fingerprint density at radius 3 is 2.74 bits per heavy atom. The molecule has 7 nitrogen and oxygen atoms in total. The Morgan fingerprint density at radius 1 is 1.26 bits per heavy atom. The molecule has 1 fully saturated rings. The van der Waals surface area contributed by atoms with E-state index in [2.05, 4.69) is 27.8 Å². The number of hydrogen-bond acceptors (Lipinski definition) is 5. The largest absolute Gasteiger partial charge is 0.352 e. The molecule has 31 heavy (non-hydrogen) atoms. The number of nitrogens with zero attached hydrogens (tertiary/aromatic N) is 3. The van der Waals surface area contributed by atoms with E-state index in [-0.39, 0.29) is 23.9 Å². The van der Waals surface area contributed by atoms with Crippen molar-refractivity contribution in [2.75, 3.05) is 5.75 Å². The monoisotopic (exact) mass is 443 g/mol. The molecular formula is C23H33N5O2S. The molecule has 8 heteroatoms. The molecule has 1 aliphatic carbocycles. The van der Waals surface area contributed by atoms with Crippen LogP contribution in [0.4, 0.5) is 0 Å². The van der Waals surface area contributed by atoms with Crippen LogP contribution >= 0.6 is 11.8 Å². The molecule has 1 heterocycles. The summed E-state index contributed by atoms with van der Waals surface area (Å²) in [5, 5.41) is 15.5. The molecule has 0 radical (unpaired) electrons. The van der Waals surface area contributed by atoms with Crippen LogP contribution in [0.3, 0.4) is 0 Å². The molecule has 0 saturated heterocycles. The average molecular weight is 444 g/mol. The summed E-state index contributed by atoms with van der Waals surface area (Å²) < 4.78 is 1.96. The highest BCUT2D eigenvalue weighted by atomic mass is 32.2. The van der Waals surface area contributed by atoms with Crippen LogP contribution in [-0.2, 0) is 11.3 Å². The zero-order chi connectivity index (χ0) is 22.4. The van der Waals surface area contributed by atoms with Gasteiger partial charge in [-0.25, -0.2) is 0 Å². The number of benzene rings is 1. The molecule has 0 unspecified atom stereocenters. The van der Waals surface area contributed by atoms with Crippen LogP contribution in [0.2, 0.25) is 0 Å². The Balaban J connectivity index is 1.59. The minimum Gasteiger partial charge on any atom is -0.352 e. The Bertz CT molecular complexity index is 913. The molecule has 3 atom stereocenters. The van der Waals surface area contributed by atoms with Gasteiger partial charge in [-0.3, -0.25) is 9.59 Å². The molecule has 0 spiro atoms. The lowest BCUT2D eigenvalue weighted by molar-refractivity contribution is -0.119. The number of amides is 2. The topological polar surface area (TPSA) is 88.9 Å². The van der Waals surface area contributed by atoms with Gasteiger partial charge in [0.25, 0.3) is 5.91 Å². The summed E-state index contributed by atoms with van der Waals surface area (Å²) >= 11 is 1.39. The van der Waals surface area contributed by atoms with E-state index in [0.717, 1.165) is 12.0 Å². The first-order chi connectivity index (χ1) is 14.9. The van der Waals surface area contributed by atoms with Crippen molar-refractivity contribution >= 4 is 23.6 Å². The SMILES string of the molecule is CCn1c(SCC(=O)N[C@@H]2CCCC[C@@H]2C)nnc1[C@@H](C)NC(=O)c1cccc(C)c1. The smallest absolute Gasteiger partial charge is 0.251 e. The molecule has 0 aliphatic heterocycles. The predicted octanol–water partition coefficient (Wildman–Crippen LogP) is 3.88. The van der Waals surface area contributed by atoms with Gasteiger partial charge < -0.3 is 15.2 Å². The van der Waals surface area contributed by atoms with E-state index in [1.807, 2.05) is 43.5 Å². The maximum absolute atomic E-state index is 12.6. The van der Waals surface area contributed by atoms with Crippen molar-refractivity contribution < 1.29 is 9.59 Å². The summed E-state index contributed by atoms with van der Waals surface area (Å²) in [4.78, 5) is 25.0. The third kappa shape index (κ3) is 6.09. The zero-order valence-corrected chi connectivity index (χ0v) is 19.7. The fourth-order valence-electron chi connectivity index (χ4n) is 4.06. The van der Waals surface area contributed by atoms with E-state index in [1.165, 1.54) is 31.0 Å². The molecule has 1 aromatic carbocycles. The number of carbonyl (C=O) groups excluding carboxylic acids is 2. The maximum Gasteiger partial charge on any atom is 0.251 e. The summed E-state index contributed by atoms with van der Waals surface area (Å²) in [7, 11) is 0. The number of nitrogens with one attached hydrogen (secondary N) is 2. The molecule has 1 aromatic heterocycles. The first-order valence-electron chi connectivity index (χ1n) is 11.1. The van der Waals surface area contributed by atoms with Gasteiger partial charge in [-0.15, -0.1) is 10.2 Å². The summed E-state index contributed by atoms with van der Waals surface area (Å²) in [6.45, 7) is 8.74. The van der Waals surface area contributed by atoms with Crippen molar-refractivity contribution in [3.05, 3.63) is 41.2 Å². The Labute approximate surface area is 188 Å². The highest BCUT2D eigenvalue weighted by Gasteiger charge is 2.24. The molecule has 2 N–H and O–H groups in total. The number of aromatic nitrogens is 3. The third-order valence-electron chi connectivity index (χ3n) is 5.87. The first-order valence-corrected chi connectivity index (χ1v) is 12.1. The van der Waals surface area contributed by atoms with E-state index in [1.54, 1.807) is 6.07 Å². The fraction of sp³-hybridized carbons (Fsp3) is 0.565. The predicted molar refractivity (Wildman–Crippen MR) is 123 cm³/mol. The number of aryl methyl sites for hydroxylation is 1. The van der Waals surface area contributed by atoms with Gasteiger partial charge in [0.15, 0.2) is 11.0 Å². The standard InChI is InChI=1S/C23H33N5O2S/c1-5-28-21(17(4)24-22(30)18-11-8-9-15(2)13-18)26-27-23(28)31-14-20(29)25-19-12-7-6-10-16(19)3/h8-9,11,13,16-17,19H,5-7,10,12,14H2,1-4H3,(H,24,30)(H,25,29)/t16-,17+,19+/m0/s1. The molecule has 2 aromatic rings. The second-order valence-electron chi connectivity index (χ2n) is 8.37. The van der Waals surface area contributed by atoms with E-state index in [0.29, 0.717) is 34.8 Å². The van der Waals surface area contributed by atoms with Crippen LogP contribution in [0.5, 0.6) is 0 Å². The average Bonchev–Trinajstić information content (AvgIpc) is 3.17. The van der Waals surface area contributed by atoms with Crippen LogP contribution in [0.1, 0.15) is 74.2 Å². The lowest BCUT2D eigenvalue weighted by atomic mass is 9.86. The number of carbonyl (C=O) groups is 2. The maximum atomic E-state index is 12.6. The molecule has 168 valence electrons. The second kappa shape index (κ2) is 10.8. The van der Waals surface area contributed by atoms with Gasteiger partial charge in [0.05, 0.1) is 11.8 Å². The van der Waals surface area contributed by atoms with Gasteiger partial charge in [0, 0.05) is 18.2 Å². The van der Waals surface area contributed by atoms with Gasteiger partial charge in [-0.2, -0.15) is 0 Å². The van der Waals surface area contributed by atoms with Gasteiger partial charge >= 0.3 is 0 Å². The Kier molecular flexibility index (Phi) is 8.12. The van der Waals surface area contributed by atoms with Crippen molar-refractivity contribution in [3.63, 3.8) is 0 Å². The molecule has 3 rings (SSSR count).